The molecule has 0 bridgehead atoms. The zero-order valence-corrected chi connectivity index (χ0v) is 15.2. The molecule has 0 radical (unpaired) electrons. The van der Waals surface area contributed by atoms with E-state index < -0.39 is 0 Å². The van der Waals surface area contributed by atoms with Crippen molar-refractivity contribution in [2.24, 2.45) is 0 Å². The molecule has 0 saturated heterocycles. The molecule has 2 heterocycles. The van der Waals surface area contributed by atoms with Crippen LogP contribution in [0.25, 0.3) is 17.0 Å². The summed E-state index contributed by atoms with van der Waals surface area (Å²) < 4.78 is 0. The minimum Gasteiger partial charge on any atom is -0.358 e. The van der Waals surface area contributed by atoms with Gasteiger partial charge >= 0.3 is 0 Å². The Balaban J connectivity index is 1.46. The Kier molecular flexibility index (Phi) is 4.50. The number of hydrogen-bond acceptors (Lipinski definition) is 2. The summed E-state index contributed by atoms with van der Waals surface area (Å²) >= 11 is 0. The first kappa shape index (κ1) is 17.1. The van der Waals surface area contributed by atoms with Crippen LogP contribution in [0.15, 0.2) is 54.6 Å². The molecular formula is C22H21N3O2. The molecule has 2 N–H and O–H groups in total. The fourth-order valence-electron chi connectivity index (χ4n) is 3.51. The molecule has 2 amide bonds. The summed E-state index contributed by atoms with van der Waals surface area (Å²) in [7, 11) is 0. The Morgan fingerprint density at radius 1 is 1.11 bits per heavy atom. The highest BCUT2D eigenvalue weighted by atomic mass is 16.2. The molecule has 0 saturated carbocycles. The standard InChI is InChI=1S/C22H21N3O2/c1-15(26)23-17-9-6-16(7-10-17)8-11-22(27)25-13-12-21-19(14-25)18-4-2-3-5-20(18)24-21/h2-11,24H,12-14H2,1H3,(H,23,26)/b11-8+. The van der Waals surface area contributed by atoms with Crippen molar-refractivity contribution in [2.75, 3.05) is 11.9 Å². The number of carbonyl (C=O) groups excluding carboxylic acids is 2. The second kappa shape index (κ2) is 7.11. The molecule has 0 fully saturated rings. The lowest BCUT2D eigenvalue weighted by molar-refractivity contribution is -0.126. The van der Waals surface area contributed by atoms with Crippen LogP contribution in [0.3, 0.4) is 0 Å². The molecule has 4 rings (SSSR count). The second-order valence-electron chi connectivity index (χ2n) is 6.77. The number of anilines is 1. The third-order valence-corrected chi connectivity index (χ3v) is 4.84. The van der Waals surface area contributed by atoms with Crippen LogP contribution in [0.5, 0.6) is 0 Å². The lowest BCUT2D eigenvalue weighted by atomic mass is 10.0. The maximum atomic E-state index is 12.6. The largest absolute Gasteiger partial charge is 0.358 e. The van der Waals surface area contributed by atoms with Crippen molar-refractivity contribution in [3.05, 3.63) is 71.4 Å². The van der Waals surface area contributed by atoms with Gasteiger partial charge in [-0.3, -0.25) is 9.59 Å². The van der Waals surface area contributed by atoms with E-state index in [-0.39, 0.29) is 11.8 Å². The van der Waals surface area contributed by atoms with E-state index in [1.54, 1.807) is 6.08 Å². The van der Waals surface area contributed by atoms with Crippen molar-refractivity contribution in [1.82, 2.24) is 9.88 Å². The molecule has 1 aliphatic rings. The van der Waals surface area contributed by atoms with Gasteiger partial charge in [0.1, 0.15) is 0 Å². The van der Waals surface area contributed by atoms with Crippen LogP contribution < -0.4 is 5.32 Å². The third kappa shape index (κ3) is 3.62. The van der Waals surface area contributed by atoms with Gasteiger partial charge in [0.25, 0.3) is 0 Å². The van der Waals surface area contributed by atoms with E-state index in [1.807, 2.05) is 47.4 Å². The van der Waals surface area contributed by atoms with Crippen LogP contribution in [-0.2, 0) is 22.6 Å². The highest BCUT2D eigenvalue weighted by Gasteiger charge is 2.22. The highest BCUT2D eigenvalue weighted by Crippen LogP contribution is 2.27. The van der Waals surface area contributed by atoms with Gasteiger partial charge in [-0.05, 0) is 29.8 Å². The molecule has 27 heavy (non-hydrogen) atoms. The summed E-state index contributed by atoms with van der Waals surface area (Å²) in [6.45, 7) is 2.82. The van der Waals surface area contributed by atoms with Crippen molar-refractivity contribution in [3.63, 3.8) is 0 Å². The van der Waals surface area contributed by atoms with Crippen LogP contribution in [0.4, 0.5) is 5.69 Å². The molecule has 1 aliphatic heterocycles. The lowest BCUT2D eigenvalue weighted by Crippen LogP contribution is -2.34. The van der Waals surface area contributed by atoms with Crippen LogP contribution in [-0.4, -0.2) is 28.2 Å². The summed E-state index contributed by atoms with van der Waals surface area (Å²) in [5.41, 5.74) is 5.25. The summed E-state index contributed by atoms with van der Waals surface area (Å²) in [5.74, 6) is -0.0907. The molecule has 2 aromatic carbocycles. The summed E-state index contributed by atoms with van der Waals surface area (Å²) in [6.07, 6.45) is 4.27. The van der Waals surface area contributed by atoms with Gasteiger partial charge in [-0.1, -0.05) is 30.3 Å². The fraction of sp³-hybridized carbons (Fsp3) is 0.182. The molecule has 0 spiro atoms. The first-order valence-electron chi connectivity index (χ1n) is 9.03. The monoisotopic (exact) mass is 359 g/mol. The summed E-state index contributed by atoms with van der Waals surface area (Å²) in [5, 5.41) is 3.93. The van der Waals surface area contributed by atoms with Crippen molar-refractivity contribution in [2.45, 2.75) is 19.9 Å². The average Bonchev–Trinajstić information content (AvgIpc) is 3.04. The van der Waals surface area contributed by atoms with E-state index in [1.165, 1.54) is 23.6 Å². The Labute approximate surface area is 157 Å². The molecule has 136 valence electrons. The van der Waals surface area contributed by atoms with E-state index in [0.29, 0.717) is 13.1 Å². The number of hydrogen-bond donors (Lipinski definition) is 2. The fourth-order valence-corrected chi connectivity index (χ4v) is 3.51. The lowest BCUT2D eigenvalue weighted by Gasteiger charge is -2.26. The Hall–Kier alpha value is -3.34. The zero-order chi connectivity index (χ0) is 18.8. The van der Waals surface area contributed by atoms with Crippen molar-refractivity contribution < 1.29 is 9.59 Å². The average molecular weight is 359 g/mol. The number of carbonyl (C=O) groups is 2. The zero-order valence-electron chi connectivity index (χ0n) is 15.2. The van der Waals surface area contributed by atoms with Crippen LogP contribution in [0, 0.1) is 0 Å². The number of H-pyrrole nitrogens is 1. The number of fused-ring (bicyclic) bond motifs is 3. The molecule has 0 atom stereocenters. The van der Waals surface area contributed by atoms with E-state index >= 15 is 0 Å². The van der Waals surface area contributed by atoms with Gasteiger partial charge in [0.2, 0.25) is 11.8 Å². The van der Waals surface area contributed by atoms with Crippen molar-refractivity contribution in [3.8, 4) is 0 Å². The quantitative estimate of drug-likeness (QED) is 0.700. The molecular weight excluding hydrogens is 338 g/mol. The van der Waals surface area contributed by atoms with Gasteiger partial charge in [-0.15, -0.1) is 0 Å². The Morgan fingerprint density at radius 3 is 2.67 bits per heavy atom. The molecule has 5 heteroatoms. The number of para-hydroxylation sites is 1. The number of aromatic nitrogens is 1. The van der Waals surface area contributed by atoms with Crippen LogP contribution in [0.2, 0.25) is 0 Å². The predicted octanol–water partition coefficient (Wildman–Crippen LogP) is 3.72. The Bertz CT molecular complexity index is 1030. The van der Waals surface area contributed by atoms with E-state index in [9.17, 15) is 9.59 Å². The maximum absolute atomic E-state index is 12.6. The number of nitrogens with zero attached hydrogens (tertiary/aromatic N) is 1. The molecule has 0 unspecified atom stereocenters. The van der Waals surface area contributed by atoms with Crippen LogP contribution in [0.1, 0.15) is 23.7 Å². The first-order chi connectivity index (χ1) is 13.1. The minimum atomic E-state index is -0.102. The molecule has 0 aliphatic carbocycles. The van der Waals surface area contributed by atoms with E-state index in [4.69, 9.17) is 0 Å². The highest BCUT2D eigenvalue weighted by molar-refractivity contribution is 5.93. The van der Waals surface area contributed by atoms with Gasteiger partial charge in [0.15, 0.2) is 0 Å². The number of amides is 2. The third-order valence-electron chi connectivity index (χ3n) is 4.84. The smallest absolute Gasteiger partial charge is 0.246 e. The SMILES string of the molecule is CC(=O)Nc1ccc(/C=C/C(=O)N2CCc3[nH]c4ccccc4c3C2)cc1. The second-order valence-corrected chi connectivity index (χ2v) is 6.77. The van der Waals surface area contributed by atoms with Crippen molar-refractivity contribution in [1.29, 1.82) is 0 Å². The minimum absolute atomic E-state index is 0.0110. The van der Waals surface area contributed by atoms with Gasteiger partial charge in [-0.2, -0.15) is 0 Å². The number of nitrogens with one attached hydrogen (secondary N) is 2. The number of aromatic amines is 1. The van der Waals surface area contributed by atoms with Gasteiger partial charge in [0, 0.05) is 60.4 Å². The van der Waals surface area contributed by atoms with Gasteiger partial charge in [0.05, 0.1) is 0 Å². The van der Waals surface area contributed by atoms with E-state index in [0.717, 1.165) is 23.2 Å². The Morgan fingerprint density at radius 2 is 1.89 bits per heavy atom. The van der Waals surface area contributed by atoms with Crippen LogP contribution >= 0.6 is 0 Å². The molecule has 1 aromatic heterocycles. The predicted molar refractivity (Wildman–Crippen MR) is 107 cm³/mol. The maximum Gasteiger partial charge on any atom is 0.246 e. The van der Waals surface area contributed by atoms with Crippen molar-refractivity contribution >= 4 is 34.5 Å². The van der Waals surface area contributed by atoms with Gasteiger partial charge in [-0.25, -0.2) is 0 Å². The van der Waals surface area contributed by atoms with E-state index in [2.05, 4.69) is 22.4 Å². The summed E-state index contributed by atoms with van der Waals surface area (Å²) in [4.78, 5) is 29.0. The van der Waals surface area contributed by atoms with Gasteiger partial charge < -0.3 is 15.2 Å². The molecule has 5 nitrogen and oxygen atoms in total. The molecule has 3 aromatic rings. The number of rotatable bonds is 3. The normalized spacial score (nSPS) is 13.7. The summed E-state index contributed by atoms with van der Waals surface area (Å²) in [6, 6.07) is 15.6. The number of benzene rings is 2. The first-order valence-corrected chi connectivity index (χ1v) is 9.03. The topological polar surface area (TPSA) is 65.2 Å².